The highest BCUT2D eigenvalue weighted by Crippen LogP contribution is 2.40. The quantitative estimate of drug-likeness (QED) is 0.410. The second-order valence-electron chi connectivity index (χ2n) is 8.83. The van der Waals surface area contributed by atoms with Crippen LogP contribution in [0.25, 0.3) is 6.08 Å². The number of phenolic OH excluding ortho intramolecular Hbond substituents is 1. The predicted molar refractivity (Wildman–Crippen MR) is 112 cm³/mol. The Kier molecular flexibility index (Phi) is 7.07. The number of allylic oxidation sites excluding steroid dienone is 2. The minimum atomic E-state index is -3.66. The number of sulfone groups is 1. The zero-order valence-electron chi connectivity index (χ0n) is 17.3. The monoisotopic (exact) mass is 389 g/mol. The average Bonchev–Trinajstić information content (AvgIpc) is 2.51. The summed E-state index contributed by atoms with van der Waals surface area (Å²) >= 11 is 0. The number of hydrogen-bond donors (Lipinski definition) is 1. The van der Waals surface area contributed by atoms with Gasteiger partial charge in [0.05, 0.1) is 5.75 Å². The lowest BCUT2D eigenvalue weighted by Gasteiger charge is -2.28. The Labute approximate surface area is 164 Å². The summed E-state index contributed by atoms with van der Waals surface area (Å²) in [5, 5.41) is 20.2. The minimum absolute atomic E-state index is 0.0885. The molecule has 0 spiro atoms. The first-order valence-corrected chi connectivity index (χ1v) is 10.7. The van der Waals surface area contributed by atoms with Gasteiger partial charge < -0.3 is 5.11 Å². The molecule has 0 saturated carbocycles. The Hall–Kier alpha value is -2.06. The molecule has 0 aromatic heterocycles. The first kappa shape index (κ1) is 23.0. The number of hydrogen-bond acceptors (Lipinski definition) is 4. The number of phenols is 1. The van der Waals surface area contributed by atoms with E-state index in [0.29, 0.717) is 18.4 Å². The average molecular weight is 390 g/mol. The van der Waals surface area contributed by atoms with E-state index in [4.69, 9.17) is 0 Å². The lowest BCUT2D eigenvalue weighted by Crippen LogP contribution is -2.17. The molecule has 4 nitrogen and oxygen atoms in total. The molecule has 1 aromatic carbocycles. The third-order valence-corrected chi connectivity index (χ3v) is 6.02. The minimum Gasteiger partial charge on any atom is -0.507 e. The highest BCUT2D eigenvalue weighted by molar-refractivity contribution is 7.95. The maximum absolute atomic E-state index is 12.5. The molecule has 0 fully saturated rings. The van der Waals surface area contributed by atoms with Gasteiger partial charge in [-0.3, -0.25) is 0 Å². The van der Waals surface area contributed by atoms with Gasteiger partial charge in [-0.05, 0) is 47.4 Å². The van der Waals surface area contributed by atoms with Gasteiger partial charge in [0.1, 0.15) is 16.7 Å². The van der Waals surface area contributed by atoms with Crippen molar-refractivity contribution in [3.8, 4) is 11.8 Å². The van der Waals surface area contributed by atoms with Crippen LogP contribution in [0.5, 0.6) is 5.75 Å². The van der Waals surface area contributed by atoms with E-state index in [0.717, 1.165) is 11.1 Å². The van der Waals surface area contributed by atoms with Crippen LogP contribution in [0.2, 0.25) is 0 Å². The van der Waals surface area contributed by atoms with Gasteiger partial charge >= 0.3 is 0 Å². The maximum Gasteiger partial charge on any atom is 0.188 e. The lowest BCUT2D eigenvalue weighted by atomic mass is 9.78. The molecule has 0 bridgehead atoms. The predicted octanol–water partition coefficient (Wildman–Crippen LogP) is 5.23. The Morgan fingerprint density at radius 3 is 2.00 bits per heavy atom. The van der Waals surface area contributed by atoms with Crippen LogP contribution in [0, 0.1) is 11.3 Å². The van der Waals surface area contributed by atoms with E-state index in [-0.39, 0.29) is 27.2 Å². The van der Waals surface area contributed by atoms with Crippen molar-refractivity contribution >= 4 is 15.9 Å². The van der Waals surface area contributed by atoms with Crippen LogP contribution in [0.3, 0.4) is 0 Å². The molecule has 0 aliphatic heterocycles. The summed E-state index contributed by atoms with van der Waals surface area (Å²) in [6.07, 6.45) is 4.09. The highest BCUT2D eigenvalue weighted by Gasteiger charge is 2.27. The molecule has 0 atom stereocenters. The molecule has 27 heavy (non-hydrogen) atoms. The molecule has 0 aliphatic rings. The second kappa shape index (κ2) is 8.31. The van der Waals surface area contributed by atoms with E-state index in [9.17, 15) is 18.8 Å². The van der Waals surface area contributed by atoms with Crippen molar-refractivity contribution < 1.29 is 13.5 Å². The molecule has 1 N–H and O–H groups in total. The molecular formula is C22H31NO3S. The molecule has 1 aromatic rings. The van der Waals surface area contributed by atoms with Crippen molar-refractivity contribution in [2.75, 3.05) is 5.75 Å². The van der Waals surface area contributed by atoms with Crippen LogP contribution in [-0.2, 0) is 20.7 Å². The van der Waals surface area contributed by atoms with Gasteiger partial charge in [-0.2, -0.15) is 5.26 Å². The molecule has 0 amide bonds. The normalized spacial score (nSPS) is 13.3. The van der Waals surface area contributed by atoms with Crippen LogP contribution < -0.4 is 0 Å². The summed E-state index contributed by atoms with van der Waals surface area (Å²) in [7, 11) is -3.66. The van der Waals surface area contributed by atoms with E-state index in [1.165, 1.54) is 6.08 Å². The topological polar surface area (TPSA) is 78.2 Å². The van der Waals surface area contributed by atoms with Gasteiger partial charge in [0.25, 0.3) is 0 Å². The van der Waals surface area contributed by atoms with Crippen LogP contribution >= 0.6 is 0 Å². The first-order valence-electron chi connectivity index (χ1n) is 9.07. The summed E-state index contributed by atoms with van der Waals surface area (Å²) in [5.41, 5.74) is 1.39. The third kappa shape index (κ3) is 5.97. The van der Waals surface area contributed by atoms with E-state index in [2.05, 4.69) is 6.58 Å². The molecule has 0 aliphatic carbocycles. The number of unbranched alkanes of at least 4 members (excludes halogenated alkanes) is 1. The summed E-state index contributed by atoms with van der Waals surface area (Å²) in [6, 6.07) is 5.36. The van der Waals surface area contributed by atoms with Crippen molar-refractivity contribution in [3.05, 3.63) is 46.4 Å². The van der Waals surface area contributed by atoms with E-state index >= 15 is 0 Å². The smallest absolute Gasteiger partial charge is 0.188 e. The Bertz CT molecular complexity index is 839. The molecule has 0 unspecified atom stereocenters. The van der Waals surface area contributed by atoms with Gasteiger partial charge in [-0.15, -0.1) is 6.58 Å². The fourth-order valence-corrected chi connectivity index (χ4v) is 3.98. The van der Waals surface area contributed by atoms with Crippen molar-refractivity contribution in [1.82, 2.24) is 0 Å². The van der Waals surface area contributed by atoms with Gasteiger partial charge in [0.2, 0.25) is 0 Å². The van der Waals surface area contributed by atoms with Crippen LogP contribution in [0.4, 0.5) is 0 Å². The molecule has 5 heteroatoms. The van der Waals surface area contributed by atoms with E-state index in [1.807, 2.05) is 47.6 Å². The summed E-state index contributed by atoms with van der Waals surface area (Å²) in [4.78, 5) is -0.253. The van der Waals surface area contributed by atoms with Crippen molar-refractivity contribution in [2.45, 2.75) is 65.2 Å². The van der Waals surface area contributed by atoms with Gasteiger partial charge in [-0.25, -0.2) is 8.42 Å². The molecule has 1 rings (SSSR count). The number of aromatic hydroxyl groups is 1. The van der Waals surface area contributed by atoms with Crippen molar-refractivity contribution in [2.24, 2.45) is 0 Å². The van der Waals surface area contributed by atoms with Gasteiger partial charge in [0, 0.05) is 11.1 Å². The van der Waals surface area contributed by atoms with E-state index in [1.54, 1.807) is 18.2 Å². The second-order valence-corrected chi connectivity index (χ2v) is 10.9. The molecule has 148 valence electrons. The standard InChI is InChI=1S/C22H31NO3S/c1-8-9-10-11-27(25,26)17(15-23)12-16-13-18(21(2,3)4)20(24)19(14-16)22(5,6)7/h8,12-14,24H,1,9-11H2,2-7H3. The SMILES string of the molecule is C=CCCCS(=O)(=O)C(C#N)=Cc1cc(C(C)(C)C)c(O)c(C(C)(C)C)c1. The van der Waals surface area contributed by atoms with Crippen LogP contribution in [0.1, 0.15) is 71.1 Å². The van der Waals surface area contributed by atoms with Crippen LogP contribution in [0.15, 0.2) is 29.7 Å². The zero-order valence-corrected chi connectivity index (χ0v) is 18.1. The summed E-state index contributed by atoms with van der Waals surface area (Å²) < 4.78 is 25.0. The first-order chi connectivity index (χ1) is 12.2. The zero-order chi connectivity index (χ0) is 21.0. The summed E-state index contributed by atoms with van der Waals surface area (Å²) in [6.45, 7) is 15.5. The third-order valence-electron chi connectivity index (χ3n) is 4.31. The Morgan fingerprint density at radius 1 is 1.15 bits per heavy atom. The van der Waals surface area contributed by atoms with Crippen LogP contribution in [-0.4, -0.2) is 19.3 Å². The number of rotatable bonds is 6. The molecular weight excluding hydrogens is 358 g/mol. The summed E-state index contributed by atoms with van der Waals surface area (Å²) in [5.74, 6) is 0.133. The largest absolute Gasteiger partial charge is 0.507 e. The van der Waals surface area contributed by atoms with Crippen molar-refractivity contribution in [1.29, 1.82) is 5.26 Å². The van der Waals surface area contributed by atoms with E-state index < -0.39 is 9.84 Å². The Balaban J connectivity index is 3.59. The number of nitrogens with zero attached hydrogens (tertiary/aromatic N) is 1. The molecule has 0 saturated heterocycles. The lowest BCUT2D eigenvalue weighted by molar-refractivity contribution is 0.423. The van der Waals surface area contributed by atoms with Gasteiger partial charge in [-0.1, -0.05) is 47.6 Å². The Morgan fingerprint density at radius 2 is 1.63 bits per heavy atom. The maximum atomic E-state index is 12.5. The number of nitriles is 1. The van der Waals surface area contributed by atoms with Crippen molar-refractivity contribution in [3.63, 3.8) is 0 Å². The highest BCUT2D eigenvalue weighted by atomic mass is 32.2. The van der Waals surface area contributed by atoms with Gasteiger partial charge in [0.15, 0.2) is 9.84 Å². The molecule has 0 heterocycles. The fraction of sp³-hybridized carbons (Fsp3) is 0.500. The fourth-order valence-electron chi connectivity index (χ4n) is 2.75. The number of benzene rings is 1. The molecule has 0 radical (unpaired) electrons.